The average molecular weight is 358 g/mol. The summed E-state index contributed by atoms with van der Waals surface area (Å²) < 4.78 is 6.10. The van der Waals surface area contributed by atoms with Crippen molar-refractivity contribution in [2.75, 3.05) is 11.9 Å². The number of nitrogens with zero attached hydrogens (tertiary/aromatic N) is 2. The van der Waals surface area contributed by atoms with E-state index in [1.54, 1.807) is 0 Å². The highest BCUT2D eigenvalue weighted by molar-refractivity contribution is 5.93. The van der Waals surface area contributed by atoms with Crippen LogP contribution in [0.25, 0.3) is 0 Å². The first kappa shape index (κ1) is 19.0. The smallest absolute Gasteiger partial charge is 0.351 e. The van der Waals surface area contributed by atoms with Gasteiger partial charge in [0, 0.05) is 6.20 Å². The summed E-state index contributed by atoms with van der Waals surface area (Å²) in [5.74, 6) is -2.23. The second kappa shape index (κ2) is 7.67. The molecule has 5 unspecified atom stereocenters. The highest BCUT2D eigenvalue weighted by Crippen LogP contribution is 2.28. The number of aliphatic hydroxyl groups is 3. The summed E-state index contributed by atoms with van der Waals surface area (Å²) in [6.45, 7) is -0.547. The molecule has 0 saturated carbocycles. The minimum Gasteiger partial charge on any atom is -0.480 e. The molecule has 12 nitrogen and oxygen atoms in total. The van der Waals surface area contributed by atoms with Gasteiger partial charge in [0.1, 0.15) is 30.2 Å². The van der Waals surface area contributed by atoms with Gasteiger partial charge in [-0.3, -0.25) is 14.2 Å². The van der Waals surface area contributed by atoms with E-state index in [0.29, 0.717) is 0 Å². The molecule has 1 amide bonds. The fraction of sp³-hybridized carbons (Fsp3) is 0.538. The molecular weight excluding hydrogens is 340 g/mol. The third-order valence-electron chi connectivity index (χ3n) is 3.61. The van der Waals surface area contributed by atoms with Gasteiger partial charge in [0.05, 0.1) is 13.0 Å². The first-order valence-corrected chi connectivity index (χ1v) is 7.24. The van der Waals surface area contributed by atoms with E-state index in [2.05, 4.69) is 10.3 Å². The number of anilines is 1. The number of carboxylic acid groups (broad SMARTS) is 1. The van der Waals surface area contributed by atoms with E-state index in [0.717, 1.165) is 4.57 Å². The quantitative estimate of drug-likeness (QED) is 0.298. The number of aromatic nitrogens is 2. The van der Waals surface area contributed by atoms with Crippen LogP contribution in [0.4, 0.5) is 5.82 Å². The topological polar surface area (TPSA) is 197 Å². The Morgan fingerprint density at radius 1 is 1.40 bits per heavy atom. The SMILES string of the molecule is NC(CC(=O)Nc1ccn(C2OC(CO)C(O)C2O)c(=O)n1)C(=O)O. The molecule has 25 heavy (non-hydrogen) atoms. The first-order chi connectivity index (χ1) is 11.7. The van der Waals surface area contributed by atoms with E-state index >= 15 is 0 Å². The van der Waals surface area contributed by atoms with E-state index in [-0.39, 0.29) is 5.82 Å². The summed E-state index contributed by atoms with van der Waals surface area (Å²) in [7, 11) is 0. The molecule has 1 aromatic heterocycles. The molecule has 1 saturated heterocycles. The van der Waals surface area contributed by atoms with Crippen molar-refractivity contribution in [1.82, 2.24) is 9.55 Å². The lowest BCUT2D eigenvalue weighted by Crippen LogP contribution is -2.36. The van der Waals surface area contributed by atoms with E-state index in [1.165, 1.54) is 12.3 Å². The lowest BCUT2D eigenvalue weighted by molar-refractivity contribution is -0.140. The van der Waals surface area contributed by atoms with E-state index < -0.39 is 61.2 Å². The maximum atomic E-state index is 12.0. The van der Waals surface area contributed by atoms with E-state index in [4.69, 9.17) is 20.7 Å². The number of hydrogen-bond acceptors (Lipinski definition) is 9. The van der Waals surface area contributed by atoms with Gasteiger partial charge in [0.15, 0.2) is 6.23 Å². The maximum Gasteiger partial charge on any atom is 0.351 e. The molecule has 1 aliphatic heterocycles. The second-order valence-electron chi connectivity index (χ2n) is 5.43. The molecular formula is C13H18N4O8. The number of amides is 1. The Balaban J connectivity index is 2.10. The number of aliphatic hydroxyl groups excluding tert-OH is 3. The molecule has 12 heteroatoms. The van der Waals surface area contributed by atoms with Crippen molar-refractivity contribution in [2.24, 2.45) is 5.73 Å². The number of nitrogens with two attached hydrogens (primary N) is 1. The van der Waals surface area contributed by atoms with Gasteiger partial charge in [-0.2, -0.15) is 4.98 Å². The molecule has 1 aliphatic rings. The number of rotatable bonds is 6. The predicted molar refractivity (Wildman–Crippen MR) is 80.4 cm³/mol. The molecule has 2 rings (SSSR count). The highest BCUT2D eigenvalue weighted by Gasteiger charge is 2.43. The zero-order chi connectivity index (χ0) is 18.7. The number of carbonyl (C=O) groups excluding carboxylic acids is 1. The Labute approximate surface area is 140 Å². The van der Waals surface area contributed by atoms with Gasteiger partial charge in [-0.15, -0.1) is 0 Å². The van der Waals surface area contributed by atoms with Crippen LogP contribution in [-0.2, 0) is 14.3 Å². The zero-order valence-electron chi connectivity index (χ0n) is 12.8. The number of carboxylic acids is 1. The number of nitrogens with one attached hydrogen (secondary N) is 1. The van der Waals surface area contributed by atoms with Crippen LogP contribution in [0.15, 0.2) is 17.1 Å². The van der Waals surface area contributed by atoms with Gasteiger partial charge in [-0.25, -0.2) is 4.79 Å². The first-order valence-electron chi connectivity index (χ1n) is 7.24. The minimum atomic E-state index is -1.45. The Kier molecular flexibility index (Phi) is 5.81. The number of hydrogen-bond donors (Lipinski definition) is 6. The van der Waals surface area contributed by atoms with Gasteiger partial charge in [0.25, 0.3) is 0 Å². The van der Waals surface area contributed by atoms with Crippen molar-refractivity contribution >= 4 is 17.7 Å². The minimum absolute atomic E-state index is 0.143. The van der Waals surface area contributed by atoms with Crippen molar-refractivity contribution in [1.29, 1.82) is 0 Å². The molecule has 1 fully saturated rings. The van der Waals surface area contributed by atoms with Gasteiger partial charge in [-0.05, 0) is 6.07 Å². The molecule has 138 valence electrons. The fourth-order valence-electron chi connectivity index (χ4n) is 2.27. The maximum absolute atomic E-state index is 12.0. The Morgan fingerprint density at radius 3 is 2.60 bits per heavy atom. The monoisotopic (exact) mass is 358 g/mol. The normalized spacial score (nSPS) is 27.0. The number of aliphatic carboxylic acids is 1. The standard InChI is InChI=1S/C13H18N4O8/c14-5(12(22)23)3-8(19)15-7-1-2-17(13(24)16-7)11-10(21)9(20)6(4-18)25-11/h1-2,5-6,9-11,18,20-21H,3-4,14H2,(H,22,23)(H,15,16,19,24). The van der Waals surface area contributed by atoms with E-state index in [1.807, 2.05) is 0 Å². The molecule has 0 spiro atoms. The summed E-state index contributed by atoms with van der Waals surface area (Å²) in [5, 5.41) is 39.5. The van der Waals surface area contributed by atoms with Crippen LogP contribution in [0.2, 0.25) is 0 Å². The van der Waals surface area contributed by atoms with Crippen molar-refractivity contribution in [3.05, 3.63) is 22.7 Å². The fourth-order valence-corrected chi connectivity index (χ4v) is 2.27. The van der Waals surface area contributed by atoms with Crippen LogP contribution < -0.4 is 16.7 Å². The lowest BCUT2D eigenvalue weighted by atomic mass is 10.1. The number of carbonyl (C=O) groups is 2. The third-order valence-corrected chi connectivity index (χ3v) is 3.61. The van der Waals surface area contributed by atoms with Crippen molar-refractivity contribution in [3.63, 3.8) is 0 Å². The van der Waals surface area contributed by atoms with Crippen LogP contribution >= 0.6 is 0 Å². The van der Waals surface area contributed by atoms with Crippen LogP contribution in [-0.4, -0.2) is 72.8 Å². The largest absolute Gasteiger partial charge is 0.480 e. The second-order valence-corrected chi connectivity index (χ2v) is 5.43. The summed E-state index contributed by atoms with van der Waals surface area (Å²) in [6.07, 6.45) is -4.47. The lowest BCUT2D eigenvalue weighted by Gasteiger charge is -2.17. The van der Waals surface area contributed by atoms with Crippen LogP contribution in [0.5, 0.6) is 0 Å². The highest BCUT2D eigenvalue weighted by atomic mass is 16.6. The van der Waals surface area contributed by atoms with Gasteiger partial charge >= 0.3 is 11.7 Å². The van der Waals surface area contributed by atoms with E-state index in [9.17, 15) is 24.6 Å². The molecule has 0 aromatic carbocycles. The molecule has 2 heterocycles. The van der Waals surface area contributed by atoms with Gasteiger partial charge in [-0.1, -0.05) is 0 Å². The Hall–Kier alpha value is -2.38. The predicted octanol–water partition coefficient (Wildman–Crippen LogP) is -3.40. The van der Waals surface area contributed by atoms with Crippen LogP contribution in [0.1, 0.15) is 12.6 Å². The molecule has 7 N–H and O–H groups in total. The Bertz CT molecular complexity index is 708. The summed E-state index contributed by atoms with van der Waals surface area (Å²) in [6, 6.07) is -0.167. The van der Waals surface area contributed by atoms with Crippen molar-refractivity contribution in [2.45, 2.75) is 37.0 Å². The molecule has 0 radical (unpaired) electrons. The summed E-state index contributed by atoms with van der Waals surface area (Å²) in [5.41, 5.74) is 4.33. The Morgan fingerprint density at radius 2 is 2.08 bits per heavy atom. The van der Waals surface area contributed by atoms with Gasteiger partial charge in [0.2, 0.25) is 5.91 Å². The van der Waals surface area contributed by atoms with Crippen LogP contribution in [0, 0.1) is 0 Å². The van der Waals surface area contributed by atoms with Crippen LogP contribution in [0.3, 0.4) is 0 Å². The molecule has 5 atom stereocenters. The molecule has 0 bridgehead atoms. The molecule has 1 aromatic rings. The third kappa shape index (κ3) is 4.18. The zero-order valence-corrected chi connectivity index (χ0v) is 12.8. The summed E-state index contributed by atoms with van der Waals surface area (Å²) >= 11 is 0. The van der Waals surface area contributed by atoms with Crippen molar-refractivity contribution in [3.8, 4) is 0 Å². The summed E-state index contributed by atoms with van der Waals surface area (Å²) in [4.78, 5) is 37.8. The number of ether oxygens (including phenoxy) is 1. The average Bonchev–Trinajstić information content (AvgIpc) is 2.82. The molecule has 0 aliphatic carbocycles. The van der Waals surface area contributed by atoms with Crippen molar-refractivity contribution < 1.29 is 34.8 Å². The van der Waals surface area contributed by atoms with Gasteiger partial charge < -0.3 is 36.2 Å².